The summed E-state index contributed by atoms with van der Waals surface area (Å²) in [5.41, 5.74) is 0.0267. The fourth-order valence-electron chi connectivity index (χ4n) is 3.52. The summed E-state index contributed by atoms with van der Waals surface area (Å²) in [7, 11) is 1.42. The van der Waals surface area contributed by atoms with E-state index >= 15 is 0 Å². The second-order valence-corrected chi connectivity index (χ2v) is 6.73. The molecule has 0 saturated heterocycles. The van der Waals surface area contributed by atoms with Gasteiger partial charge in [-0.05, 0) is 35.7 Å². The van der Waals surface area contributed by atoms with Gasteiger partial charge in [-0.3, -0.25) is 9.59 Å². The van der Waals surface area contributed by atoms with Gasteiger partial charge in [-0.25, -0.2) is 17.6 Å². The molecule has 0 saturated carbocycles. The Kier molecular flexibility index (Phi) is 4.62. The van der Waals surface area contributed by atoms with E-state index in [0.29, 0.717) is 11.3 Å². The SMILES string of the molecule is CN(C(=O)c1ccc(F)c(F)c1)C1COCc2[nH]c(=O)c3cc(F)c(F)cc3c21. The Labute approximate surface area is 161 Å². The van der Waals surface area contributed by atoms with Gasteiger partial charge in [0, 0.05) is 23.9 Å². The average molecular weight is 406 g/mol. The van der Waals surface area contributed by atoms with Gasteiger partial charge in [0.1, 0.15) is 0 Å². The number of ether oxygens (including phenoxy) is 1. The van der Waals surface area contributed by atoms with Gasteiger partial charge in [-0.15, -0.1) is 0 Å². The molecule has 2 aromatic carbocycles. The zero-order valence-electron chi connectivity index (χ0n) is 15.1. The summed E-state index contributed by atoms with van der Waals surface area (Å²) < 4.78 is 59.7. The molecule has 0 spiro atoms. The van der Waals surface area contributed by atoms with Crippen LogP contribution in [0.15, 0.2) is 35.1 Å². The molecule has 1 N–H and O–H groups in total. The van der Waals surface area contributed by atoms with E-state index < -0.39 is 40.8 Å². The number of hydrogen-bond acceptors (Lipinski definition) is 3. The standard InChI is InChI=1S/C20H14F4N2O3/c1-26(20(28)9-2-3-12(21)13(22)4-9)17-8-29-7-16-18(17)10-5-14(23)15(24)6-11(10)19(27)25-16/h2-6,17H,7-8H2,1H3,(H,25,27). The van der Waals surface area contributed by atoms with Gasteiger partial charge >= 0.3 is 0 Å². The quantitative estimate of drug-likeness (QED) is 0.664. The van der Waals surface area contributed by atoms with E-state index in [9.17, 15) is 27.2 Å². The van der Waals surface area contributed by atoms with Gasteiger partial charge in [0.15, 0.2) is 23.3 Å². The lowest BCUT2D eigenvalue weighted by Gasteiger charge is -2.34. The van der Waals surface area contributed by atoms with E-state index in [1.165, 1.54) is 11.9 Å². The minimum Gasteiger partial charge on any atom is -0.373 e. The Hall–Kier alpha value is -3.20. The molecule has 1 aliphatic rings. The van der Waals surface area contributed by atoms with Crippen molar-refractivity contribution in [3.63, 3.8) is 0 Å². The summed E-state index contributed by atoms with van der Waals surface area (Å²) in [6, 6.07) is 3.69. The van der Waals surface area contributed by atoms with Crippen molar-refractivity contribution in [1.29, 1.82) is 0 Å². The van der Waals surface area contributed by atoms with Gasteiger partial charge in [-0.1, -0.05) is 0 Å². The molecule has 150 valence electrons. The van der Waals surface area contributed by atoms with Crippen LogP contribution >= 0.6 is 0 Å². The van der Waals surface area contributed by atoms with Crippen LogP contribution in [-0.4, -0.2) is 29.4 Å². The first kappa shape index (κ1) is 19.1. The highest BCUT2D eigenvalue weighted by Crippen LogP contribution is 2.34. The van der Waals surface area contributed by atoms with E-state index in [0.717, 1.165) is 30.3 Å². The number of fused-ring (bicyclic) bond motifs is 3. The zero-order valence-corrected chi connectivity index (χ0v) is 15.1. The van der Waals surface area contributed by atoms with E-state index in [1.54, 1.807) is 0 Å². The molecule has 1 amide bonds. The first-order valence-electron chi connectivity index (χ1n) is 8.61. The number of pyridine rings is 1. The third-order valence-corrected chi connectivity index (χ3v) is 4.99. The fraction of sp³-hybridized carbons (Fsp3) is 0.200. The summed E-state index contributed by atoms with van der Waals surface area (Å²) in [6.07, 6.45) is 0. The van der Waals surface area contributed by atoms with Crippen LogP contribution in [0.1, 0.15) is 27.7 Å². The number of likely N-dealkylation sites (N-methyl/N-ethyl adjacent to an activating group) is 1. The van der Waals surface area contributed by atoms with Crippen molar-refractivity contribution in [2.75, 3.05) is 13.7 Å². The second kappa shape index (κ2) is 7.00. The Bertz CT molecular complexity index is 1210. The molecule has 1 aliphatic heterocycles. The Balaban J connectivity index is 1.84. The molecule has 9 heteroatoms. The van der Waals surface area contributed by atoms with E-state index in [4.69, 9.17) is 4.74 Å². The first-order chi connectivity index (χ1) is 13.8. The minimum atomic E-state index is -1.17. The molecular formula is C20H14F4N2O3. The third-order valence-electron chi connectivity index (χ3n) is 4.99. The van der Waals surface area contributed by atoms with Crippen molar-refractivity contribution < 1.29 is 27.1 Å². The predicted octanol–water partition coefficient (Wildman–Crippen LogP) is 3.43. The summed E-state index contributed by atoms with van der Waals surface area (Å²) in [6.45, 7) is 0.0300. The van der Waals surface area contributed by atoms with Crippen LogP contribution in [-0.2, 0) is 11.3 Å². The highest BCUT2D eigenvalue weighted by molar-refractivity contribution is 5.95. The number of halogens is 4. The van der Waals surface area contributed by atoms with Gasteiger partial charge in [-0.2, -0.15) is 0 Å². The molecule has 0 bridgehead atoms. The molecule has 5 nitrogen and oxygen atoms in total. The van der Waals surface area contributed by atoms with Crippen LogP contribution in [0.2, 0.25) is 0 Å². The highest BCUT2D eigenvalue weighted by atomic mass is 19.2. The summed E-state index contributed by atoms with van der Waals surface area (Å²) in [5.74, 6) is -5.19. The van der Waals surface area contributed by atoms with Crippen LogP contribution in [0.25, 0.3) is 10.8 Å². The average Bonchev–Trinajstić information content (AvgIpc) is 2.70. The third kappa shape index (κ3) is 3.17. The molecule has 29 heavy (non-hydrogen) atoms. The number of amides is 1. The van der Waals surface area contributed by atoms with Crippen molar-refractivity contribution in [3.8, 4) is 0 Å². The number of H-pyrrole nitrogens is 1. The van der Waals surface area contributed by atoms with Crippen molar-refractivity contribution in [1.82, 2.24) is 9.88 Å². The second-order valence-electron chi connectivity index (χ2n) is 6.73. The highest BCUT2D eigenvalue weighted by Gasteiger charge is 2.31. The molecule has 1 unspecified atom stereocenters. The lowest BCUT2D eigenvalue weighted by molar-refractivity contribution is 0.0335. The topological polar surface area (TPSA) is 62.4 Å². The Morgan fingerprint density at radius 2 is 1.69 bits per heavy atom. The summed E-state index contributed by atoms with van der Waals surface area (Å²) >= 11 is 0. The van der Waals surface area contributed by atoms with Crippen LogP contribution in [0.4, 0.5) is 17.6 Å². The van der Waals surface area contributed by atoms with Gasteiger partial charge in [0.25, 0.3) is 11.5 Å². The summed E-state index contributed by atoms with van der Waals surface area (Å²) in [5, 5.41) is 0.0871. The molecule has 1 aromatic heterocycles. The maximum Gasteiger partial charge on any atom is 0.256 e. The minimum absolute atomic E-state index is 0.0130. The molecule has 3 aromatic rings. The lowest BCUT2D eigenvalue weighted by Crippen LogP contribution is -2.37. The Morgan fingerprint density at radius 1 is 1.03 bits per heavy atom. The normalized spacial score (nSPS) is 16.0. The maximum atomic E-state index is 13.9. The first-order valence-corrected chi connectivity index (χ1v) is 8.61. The number of benzene rings is 2. The zero-order chi connectivity index (χ0) is 20.9. The van der Waals surface area contributed by atoms with E-state index in [2.05, 4.69) is 4.98 Å². The molecule has 2 heterocycles. The number of rotatable bonds is 2. The van der Waals surface area contributed by atoms with Gasteiger partial charge in [0.05, 0.1) is 24.6 Å². The predicted molar refractivity (Wildman–Crippen MR) is 95.3 cm³/mol. The van der Waals surface area contributed by atoms with E-state index in [1.807, 2.05) is 0 Å². The number of carbonyl (C=O) groups is 1. The van der Waals surface area contributed by atoms with Crippen LogP contribution < -0.4 is 5.56 Å². The lowest BCUT2D eigenvalue weighted by atomic mass is 9.95. The van der Waals surface area contributed by atoms with E-state index in [-0.39, 0.29) is 29.5 Å². The van der Waals surface area contributed by atoms with Crippen molar-refractivity contribution in [2.24, 2.45) is 0 Å². The number of hydrogen-bond donors (Lipinski definition) is 1. The molecule has 4 rings (SSSR count). The molecular weight excluding hydrogens is 392 g/mol. The number of aromatic nitrogens is 1. The molecule has 0 fully saturated rings. The van der Waals surface area contributed by atoms with Crippen molar-refractivity contribution in [3.05, 3.63) is 80.8 Å². The maximum absolute atomic E-state index is 13.9. The van der Waals surface area contributed by atoms with Crippen molar-refractivity contribution in [2.45, 2.75) is 12.6 Å². The number of nitrogens with zero attached hydrogens (tertiary/aromatic N) is 1. The number of carbonyl (C=O) groups excluding carboxylic acids is 1. The van der Waals surface area contributed by atoms with Crippen LogP contribution in [0, 0.1) is 23.3 Å². The Morgan fingerprint density at radius 3 is 2.38 bits per heavy atom. The van der Waals surface area contributed by atoms with Crippen LogP contribution in [0.5, 0.6) is 0 Å². The summed E-state index contributed by atoms with van der Waals surface area (Å²) in [4.78, 5) is 28.9. The number of nitrogens with one attached hydrogen (secondary N) is 1. The van der Waals surface area contributed by atoms with Crippen molar-refractivity contribution >= 4 is 16.7 Å². The fourth-order valence-corrected chi connectivity index (χ4v) is 3.52. The number of aromatic amines is 1. The smallest absolute Gasteiger partial charge is 0.256 e. The van der Waals surface area contributed by atoms with Gasteiger partial charge < -0.3 is 14.6 Å². The molecule has 1 atom stereocenters. The molecule has 0 radical (unpaired) electrons. The van der Waals surface area contributed by atoms with Gasteiger partial charge in [0.2, 0.25) is 0 Å². The van der Waals surface area contributed by atoms with Crippen LogP contribution in [0.3, 0.4) is 0 Å². The largest absolute Gasteiger partial charge is 0.373 e. The molecule has 0 aliphatic carbocycles. The monoisotopic (exact) mass is 406 g/mol.